The number of benzene rings is 1. The lowest BCUT2D eigenvalue weighted by Crippen LogP contribution is -2.54. The van der Waals surface area contributed by atoms with E-state index in [-0.39, 0.29) is 5.78 Å². The summed E-state index contributed by atoms with van der Waals surface area (Å²) in [5.41, 5.74) is 0.0464. The Morgan fingerprint density at radius 2 is 1.89 bits per heavy atom. The third-order valence-corrected chi connectivity index (χ3v) is 3.81. The fourth-order valence-electron chi connectivity index (χ4n) is 2.24. The van der Waals surface area contributed by atoms with Gasteiger partial charge in [0, 0.05) is 18.7 Å². The van der Waals surface area contributed by atoms with Crippen molar-refractivity contribution >= 4 is 17.4 Å². The van der Waals surface area contributed by atoms with E-state index in [1.54, 1.807) is 12.1 Å². The Morgan fingerprint density at radius 3 is 2.50 bits per heavy atom. The van der Waals surface area contributed by atoms with Gasteiger partial charge in [-0.25, -0.2) is 0 Å². The molecule has 0 saturated carbocycles. The van der Waals surface area contributed by atoms with E-state index < -0.39 is 5.54 Å². The molecule has 1 saturated heterocycles. The zero-order valence-electron chi connectivity index (χ0n) is 10.8. The summed E-state index contributed by atoms with van der Waals surface area (Å²) >= 11 is 6.10. The van der Waals surface area contributed by atoms with Crippen molar-refractivity contribution in [2.75, 3.05) is 26.3 Å². The Morgan fingerprint density at radius 1 is 1.28 bits per heavy atom. The molecule has 0 aliphatic carbocycles. The van der Waals surface area contributed by atoms with Gasteiger partial charge in [-0.2, -0.15) is 0 Å². The second kappa shape index (κ2) is 5.39. The number of morpholine rings is 1. The fraction of sp³-hybridized carbons (Fsp3) is 0.500. The first-order valence-electron chi connectivity index (χ1n) is 6.15. The summed E-state index contributed by atoms with van der Waals surface area (Å²) in [7, 11) is 0. The Kier molecular flexibility index (Phi) is 4.05. The molecule has 1 aromatic carbocycles. The maximum atomic E-state index is 12.6. The molecule has 0 aromatic heterocycles. The van der Waals surface area contributed by atoms with Gasteiger partial charge in [-0.1, -0.05) is 23.7 Å². The number of hydrogen-bond donors (Lipinski definition) is 0. The van der Waals surface area contributed by atoms with E-state index in [2.05, 4.69) is 4.90 Å². The number of carbonyl (C=O) groups is 1. The van der Waals surface area contributed by atoms with Crippen molar-refractivity contribution in [2.45, 2.75) is 19.4 Å². The van der Waals surface area contributed by atoms with E-state index in [4.69, 9.17) is 16.3 Å². The van der Waals surface area contributed by atoms with Crippen LogP contribution in [-0.4, -0.2) is 42.5 Å². The molecule has 1 heterocycles. The minimum absolute atomic E-state index is 0.0648. The Hall–Kier alpha value is -0.900. The summed E-state index contributed by atoms with van der Waals surface area (Å²) in [5.74, 6) is 0.0648. The van der Waals surface area contributed by atoms with Crippen molar-refractivity contribution < 1.29 is 9.53 Å². The van der Waals surface area contributed by atoms with Crippen LogP contribution in [0.4, 0.5) is 0 Å². The molecular weight excluding hydrogens is 250 g/mol. The second-order valence-electron chi connectivity index (χ2n) is 4.97. The van der Waals surface area contributed by atoms with E-state index in [1.807, 2.05) is 26.0 Å². The number of nitrogens with zero attached hydrogens (tertiary/aromatic N) is 1. The zero-order chi connectivity index (χ0) is 13.2. The Labute approximate surface area is 113 Å². The molecule has 0 atom stereocenters. The molecule has 18 heavy (non-hydrogen) atoms. The van der Waals surface area contributed by atoms with Crippen LogP contribution < -0.4 is 0 Å². The maximum absolute atomic E-state index is 12.6. The van der Waals surface area contributed by atoms with Crippen molar-refractivity contribution in [3.8, 4) is 0 Å². The lowest BCUT2D eigenvalue weighted by atomic mass is 9.91. The minimum atomic E-state index is -0.547. The first kappa shape index (κ1) is 13.5. The molecule has 1 aliphatic rings. The SMILES string of the molecule is CC(C)(C(=O)c1ccccc1Cl)N1CCOCC1. The Balaban J connectivity index is 2.24. The molecule has 1 fully saturated rings. The van der Waals surface area contributed by atoms with Crippen molar-refractivity contribution in [3.63, 3.8) is 0 Å². The van der Waals surface area contributed by atoms with Gasteiger partial charge in [0.1, 0.15) is 0 Å². The molecule has 2 rings (SSSR count). The maximum Gasteiger partial charge on any atom is 0.183 e. The summed E-state index contributed by atoms with van der Waals surface area (Å²) in [5, 5.41) is 0.517. The second-order valence-corrected chi connectivity index (χ2v) is 5.37. The number of Topliss-reactive ketones (excluding diaryl/α,β-unsaturated/α-hetero) is 1. The zero-order valence-corrected chi connectivity index (χ0v) is 11.5. The van der Waals surface area contributed by atoms with E-state index in [0.717, 1.165) is 13.1 Å². The van der Waals surface area contributed by atoms with Crippen LogP contribution in [0.3, 0.4) is 0 Å². The standard InChI is InChI=1S/C14H18ClNO2/c1-14(2,16-7-9-18-10-8-16)13(17)11-5-3-4-6-12(11)15/h3-6H,7-10H2,1-2H3. The first-order chi connectivity index (χ1) is 8.53. The van der Waals surface area contributed by atoms with Crippen LogP contribution in [0.15, 0.2) is 24.3 Å². The van der Waals surface area contributed by atoms with Crippen molar-refractivity contribution in [2.24, 2.45) is 0 Å². The highest BCUT2D eigenvalue weighted by atomic mass is 35.5. The van der Waals surface area contributed by atoms with Gasteiger partial charge >= 0.3 is 0 Å². The third kappa shape index (κ3) is 2.58. The predicted octanol–water partition coefficient (Wildman–Crippen LogP) is 2.63. The molecular formula is C14H18ClNO2. The molecule has 0 spiro atoms. The quantitative estimate of drug-likeness (QED) is 0.789. The minimum Gasteiger partial charge on any atom is -0.379 e. The van der Waals surface area contributed by atoms with E-state index in [1.165, 1.54) is 0 Å². The molecule has 98 valence electrons. The fourth-order valence-corrected chi connectivity index (χ4v) is 2.46. The average Bonchev–Trinajstić information content (AvgIpc) is 2.39. The van der Waals surface area contributed by atoms with E-state index in [9.17, 15) is 4.79 Å². The van der Waals surface area contributed by atoms with Crippen molar-refractivity contribution in [1.29, 1.82) is 0 Å². The van der Waals surface area contributed by atoms with Crippen LogP contribution in [0.2, 0.25) is 5.02 Å². The third-order valence-electron chi connectivity index (χ3n) is 3.48. The topological polar surface area (TPSA) is 29.5 Å². The normalized spacial score (nSPS) is 17.7. The lowest BCUT2D eigenvalue weighted by Gasteiger charge is -2.39. The number of halogens is 1. The van der Waals surface area contributed by atoms with Gasteiger partial charge in [0.15, 0.2) is 5.78 Å². The van der Waals surface area contributed by atoms with E-state index >= 15 is 0 Å². The summed E-state index contributed by atoms with van der Waals surface area (Å²) in [6, 6.07) is 7.21. The van der Waals surface area contributed by atoms with Crippen LogP contribution in [0.5, 0.6) is 0 Å². The van der Waals surface area contributed by atoms with Crippen LogP contribution in [0.25, 0.3) is 0 Å². The predicted molar refractivity (Wildman–Crippen MR) is 72.3 cm³/mol. The van der Waals surface area contributed by atoms with Crippen LogP contribution in [-0.2, 0) is 4.74 Å². The first-order valence-corrected chi connectivity index (χ1v) is 6.53. The van der Waals surface area contributed by atoms with Crippen LogP contribution >= 0.6 is 11.6 Å². The van der Waals surface area contributed by atoms with Crippen molar-refractivity contribution in [1.82, 2.24) is 4.90 Å². The smallest absolute Gasteiger partial charge is 0.183 e. The highest BCUT2D eigenvalue weighted by Gasteiger charge is 2.36. The van der Waals surface area contributed by atoms with Gasteiger partial charge in [-0.05, 0) is 26.0 Å². The lowest BCUT2D eigenvalue weighted by molar-refractivity contribution is -0.00429. The number of ketones is 1. The molecule has 4 heteroatoms. The van der Waals surface area contributed by atoms with E-state index in [0.29, 0.717) is 23.8 Å². The van der Waals surface area contributed by atoms with Gasteiger partial charge in [-0.15, -0.1) is 0 Å². The molecule has 0 unspecified atom stereocenters. The van der Waals surface area contributed by atoms with Gasteiger partial charge in [-0.3, -0.25) is 9.69 Å². The largest absolute Gasteiger partial charge is 0.379 e. The van der Waals surface area contributed by atoms with Gasteiger partial charge < -0.3 is 4.74 Å². The molecule has 0 bridgehead atoms. The van der Waals surface area contributed by atoms with Crippen LogP contribution in [0.1, 0.15) is 24.2 Å². The summed E-state index contributed by atoms with van der Waals surface area (Å²) in [6.45, 7) is 6.82. The van der Waals surface area contributed by atoms with Gasteiger partial charge in [0.2, 0.25) is 0 Å². The number of ether oxygens (including phenoxy) is 1. The molecule has 0 N–H and O–H groups in total. The monoisotopic (exact) mass is 267 g/mol. The number of hydrogen-bond acceptors (Lipinski definition) is 3. The molecule has 1 aliphatic heterocycles. The number of rotatable bonds is 3. The van der Waals surface area contributed by atoms with Gasteiger partial charge in [0.25, 0.3) is 0 Å². The average molecular weight is 268 g/mol. The van der Waals surface area contributed by atoms with Crippen molar-refractivity contribution in [3.05, 3.63) is 34.9 Å². The number of carbonyl (C=O) groups excluding carboxylic acids is 1. The highest BCUT2D eigenvalue weighted by Crippen LogP contribution is 2.25. The Bertz CT molecular complexity index is 439. The molecule has 3 nitrogen and oxygen atoms in total. The summed E-state index contributed by atoms with van der Waals surface area (Å²) < 4.78 is 5.33. The van der Waals surface area contributed by atoms with Crippen LogP contribution in [0, 0.1) is 0 Å². The summed E-state index contributed by atoms with van der Waals surface area (Å²) in [6.07, 6.45) is 0. The van der Waals surface area contributed by atoms with Gasteiger partial charge in [0.05, 0.1) is 23.8 Å². The molecule has 1 aromatic rings. The molecule has 0 radical (unpaired) electrons. The highest BCUT2D eigenvalue weighted by molar-refractivity contribution is 6.34. The summed E-state index contributed by atoms with van der Waals surface area (Å²) in [4.78, 5) is 14.8. The molecule has 0 amide bonds.